The van der Waals surface area contributed by atoms with Gasteiger partial charge in [0.25, 0.3) is 0 Å². The standard InChI is InChI=1S/C20H25N2O/c1-14(2)16-10-6-7-11-17(16)21(5)20-22(15(3)4)18-12-8-9-13-19(18)23-20/h6-15H,1-5H3/q+1. The van der Waals surface area contributed by atoms with Crippen LogP contribution >= 0.6 is 0 Å². The third-order valence-electron chi connectivity index (χ3n) is 4.26. The third kappa shape index (κ3) is 2.72. The molecule has 0 aliphatic carbocycles. The molecular formula is C20H25N2O+. The molecule has 0 N–H and O–H groups in total. The van der Waals surface area contributed by atoms with E-state index in [0.29, 0.717) is 12.0 Å². The highest BCUT2D eigenvalue weighted by Gasteiger charge is 2.29. The fraction of sp³-hybridized carbons (Fsp3) is 0.350. The number of anilines is 2. The van der Waals surface area contributed by atoms with Crippen molar-refractivity contribution in [3.63, 3.8) is 0 Å². The van der Waals surface area contributed by atoms with Gasteiger partial charge in [0.05, 0.1) is 13.1 Å². The smallest absolute Gasteiger partial charge is 0.387 e. The largest absolute Gasteiger partial charge is 0.462 e. The summed E-state index contributed by atoms with van der Waals surface area (Å²) in [6, 6.07) is 17.9. The number of fused-ring (bicyclic) bond motifs is 1. The van der Waals surface area contributed by atoms with E-state index in [0.717, 1.165) is 17.1 Å². The Morgan fingerprint density at radius 3 is 2.26 bits per heavy atom. The number of hydrogen-bond acceptors (Lipinski definition) is 2. The van der Waals surface area contributed by atoms with Crippen molar-refractivity contribution < 1.29 is 8.98 Å². The average Bonchev–Trinajstić information content (AvgIpc) is 2.93. The average molecular weight is 309 g/mol. The summed E-state index contributed by atoms with van der Waals surface area (Å²) in [5.41, 5.74) is 4.57. The molecule has 0 saturated heterocycles. The van der Waals surface area contributed by atoms with Crippen LogP contribution in [0.1, 0.15) is 45.2 Å². The van der Waals surface area contributed by atoms with Crippen LogP contribution in [0.5, 0.6) is 0 Å². The first-order valence-electron chi connectivity index (χ1n) is 8.26. The Kier molecular flexibility index (Phi) is 4.12. The van der Waals surface area contributed by atoms with E-state index in [2.05, 4.69) is 80.6 Å². The zero-order chi connectivity index (χ0) is 16.6. The molecule has 1 aromatic heterocycles. The van der Waals surface area contributed by atoms with Gasteiger partial charge in [0.15, 0.2) is 11.1 Å². The molecule has 3 rings (SSSR count). The van der Waals surface area contributed by atoms with Gasteiger partial charge in [0, 0.05) is 5.56 Å². The monoisotopic (exact) mass is 309 g/mol. The number of rotatable bonds is 4. The Morgan fingerprint density at radius 2 is 1.57 bits per heavy atom. The molecule has 0 aliphatic heterocycles. The van der Waals surface area contributed by atoms with Gasteiger partial charge in [-0.1, -0.05) is 44.2 Å². The van der Waals surface area contributed by atoms with Crippen molar-refractivity contribution in [3.8, 4) is 0 Å². The van der Waals surface area contributed by atoms with Crippen LogP contribution in [-0.2, 0) is 0 Å². The van der Waals surface area contributed by atoms with Crippen molar-refractivity contribution >= 4 is 22.8 Å². The van der Waals surface area contributed by atoms with E-state index in [1.54, 1.807) is 0 Å². The first-order valence-corrected chi connectivity index (χ1v) is 8.26. The van der Waals surface area contributed by atoms with E-state index in [1.807, 2.05) is 12.1 Å². The lowest BCUT2D eigenvalue weighted by Gasteiger charge is -2.16. The maximum atomic E-state index is 6.20. The van der Waals surface area contributed by atoms with Crippen molar-refractivity contribution in [2.24, 2.45) is 0 Å². The van der Waals surface area contributed by atoms with Crippen molar-refractivity contribution in [2.75, 3.05) is 11.9 Å². The van der Waals surface area contributed by atoms with Crippen LogP contribution in [0.2, 0.25) is 0 Å². The van der Waals surface area contributed by atoms with Gasteiger partial charge >= 0.3 is 6.01 Å². The number of benzene rings is 2. The topological polar surface area (TPSA) is 20.3 Å². The van der Waals surface area contributed by atoms with Crippen LogP contribution in [0.15, 0.2) is 52.9 Å². The minimum Gasteiger partial charge on any atom is -0.387 e. The van der Waals surface area contributed by atoms with E-state index in [1.165, 1.54) is 11.3 Å². The van der Waals surface area contributed by atoms with E-state index in [4.69, 9.17) is 4.42 Å². The normalized spacial score (nSPS) is 11.6. The van der Waals surface area contributed by atoms with Gasteiger partial charge in [-0.15, -0.1) is 0 Å². The molecule has 2 aromatic carbocycles. The zero-order valence-corrected chi connectivity index (χ0v) is 14.6. The van der Waals surface area contributed by atoms with Gasteiger partial charge in [-0.25, -0.2) is 0 Å². The van der Waals surface area contributed by atoms with Crippen LogP contribution in [-0.4, -0.2) is 7.05 Å². The highest BCUT2D eigenvalue weighted by Crippen LogP contribution is 2.32. The third-order valence-corrected chi connectivity index (χ3v) is 4.26. The molecule has 3 nitrogen and oxygen atoms in total. The summed E-state index contributed by atoms with van der Waals surface area (Å²) < 4.78 is 8.46. The number of para-hydroxylation sites is 3. The molecule has 0 radical (unpaired) electrons. The minimum absolute atomic E-state index is 0.322. The summed E-state index contributed by atoms with van der Waals surface area (Å²) >= 11 is 0. The molecule has 1 heterocycles. The number of aromatic nitrogens is 1. The number of oxazole rings is 1. The quantitative estimate of drug-likeness (QED) is 0.618. The molecule has 0 atom stereocenters. The lowest BCUT2D eigenvalue weighted by atomic mass is 10.0. The Morgan fingerprint density at radius 1 is 0.913 bits per heavy atom. The maximum absolute atomic E-state index is 6.20. The number of nitrogens with zero attached hydrogens (tertiary/aromatic N) is 2. The van der Waals surface area contributed by atoms with Crippen LogP contribution < -0.4 is 9.47 Å². The first-order chi connectivity index (χ1) is 11.0. The molecule has 0 spiro atoms. The summed E-state index contributed by atoms with van der Waals surface area (Å²) in [6.45, 7) is 8.82. The van der Waals surface area contributed by atoms with Gasteiger partial charge < -0.3 is 4.42 Å². The zero-order valence-electron chi connectivity index (χ0n) is 14.6. The first kappa shape index (κ1) is 15.6. The van der Waals surface area contributed by atoms with Crippen LogP contribution in [0.4, 0.5) is 11.7 Å². The lowest BCUT2D eigenvalue weighted by molar-refractivity contribution is -0.682. The maximum Gasteiger partial charge on any atom is 0.462 e. The van der Waals surface area contributed by atoms with Gasteiger partial charge in [-0.3, -0.25) is 0 Å². The fourth-order valence-corrected chi connectivity index (χ4v) is 3.11. The molecule has 23 heavy (non-hydrogen) atoms. The summed E-state index contributed by atoms with van der Waals surface area (Å²) in [4.78, 5) is 2.16. The predicted octanol–water partition coefficient (Wildman–Crippen LogP) is 5.19. The lowest BCUT2D eigenvalue weighted by Crippen LogP contribution is -2.40. The summed E-state index contributed by atoms with van der Waals surface area (Å²) in [7, 11) is 2.08. The second kappa shape index (κ2) is 6.07. The van der Waals surface area contributed by atoms with Crippen LogP contribution in [0.3, 0.4) is 0 Å². The van der Waals surface area contributed by atoms with E-state index >= 15 is 0 Å². The molecule has 0 amide bonds. The van der Waals surface area contributed by atoms with E-state index in [-0.39, 0.29) is 0 Å². The molecule has 120 valence electrons. The molecular weight excluding hydrogens is 284 g/mol. The van der Waals surface area contributed by atoms with E-state index in [9.17, 15) is 0 Å². The molecule has 3 heteroatoms. The minimum atomic E-state index is 0.322. The van der Waals surface area contributed by atoms with Gasteiger partial charge in [-0.05, 0) is 38.0 Å². The molecule has 3 aromatic rings. The molecule has 0 saturated carbocycles. The van der Waals surface area contributed by atoms with Crippen LogP contribution in [0, 0.1) is 0 Å². The van der Waals surface area contributed by atoms with E-state index < -0.39 is 0 Å². The SMILES string of the molecule is CC(C)c1ccccc1N(C)c1oc2ccccc2[n+]1C(C)C. The molecule has 0 unspecified atom stereocenters. The molecule has 0 bridgehead atoms. The van der Waals surface area contributed by atoms with Crippen molar-refractivity contribution in [3.05, 3.63) is 54.1 Å². The van der Waals surface area contributed by atoms with Crippen LogP contribution in [0.25, 0.3) is 11.1 Å². The van der Waals surface area contributed by atoms with Crippen molar-refractivity contribution in [2.45, 2.75) is 39.7 Å². The Hall–Kier alpha value is -2.29. The second-order valence-corrected chi connectivity index (χ2v) is 6.59. The second-order valence-electron chi connectivity index (χ2n) is 6.59. The number of hydrogen-bond donors (Lipinski definition) is 0. The molecule has 0 aliphatic rings. The molecule has 0 fully saturated rings. The van der Waals surface area contributed by atoms with Crippen molar-refractivity contribution in [1.82, 2.24) is 0 Å². The van der Waals surface area contributed by atoms with Gasteiger partial charge in [0.2, 0.25) is 0 Å². The summed E-state index contributed by atoms with van der Waals surface area (Å²) in [5, 5.41) is 0. The Balaban J connectivity index is 2.19. The van der Waals surface area contributed by atoms with Crippen molar-refractivity contribution in [1.29, 1.82) is 0 Å². The van der Waals surface area contributed by atoms with Gasteiger partial charge in [-0.2, -0.15) is 9.47 Å². The Labute approximate surface area is 138 Å². The predicted molar refractivity (Wildman–Crippen MR) is 95.4 cm³/mol. The Bertz CT molecular complexity index is 817. The highest BCUT2D eigenvalue weighted by molar-refractivity contribution is 5.71. The summed E-state index contributed by atoms with van der Waals surface area (Å²) in [5.74, 6) is 0.463. The van der Waals surface area contributed by atoms with Gasteiger partial charge in [0.1, 0.15) is 5.69 Å². The fourth-order valence-electron chi connectivity index (χ4n) is 3.11. The highest BCUT2D eigenvalue weighted by atomic mass is 16.4. The summed E-state index contributed by atoms with van der Waals surface area (Å²) in [6.07, 6.45) is 0.